The van der Waals surface area contributed by atoms with E-state index in [4.69, 9.17) is 4.74 Å². The van der Waals surface area contributed by atoms with Gasteiger partial charge < -0.3 is 28.9 Å². The molecule has 0 spiro atoms. The number of piperidine rings is 1. The van der Waals surface area contributed by atoms with E-state index in [9.17, 15) is 9.59 Å². The molecule has 3 aromatic carbocycles. The third-order valence-corrected chi connectivity index (χ3v) is 9.89. The number of likely N-dealkylation sites (N-methyl/N-ethyl adjacent to an activating group) is 1. The van der Waals surface area contributed by atoms with Crippen LogP contribution in [0, 0.1) is 5.92 Å². The lowest BCUT2D eigenvalue weighted by Crippen LogP contribution is -2.44. The molecule has 2 fully saturated rings. The van der Waals surface area contributed by atoms with Gasteiger partial charge in [-0.1, -0.05) is 72.8 Å². The fourth-order valence-corrected chi connectivity index (χ4v) is 7.18. The van der Waals surface area contributed by atoms with Crippen LogP contribution in [0.25, 0.3) is 16.3 Å². The summed E-state index contributed by atoms with van der Waals surface area (Å²) in [7, 11) is 2.15. The van der Waals surface area contributed by atoms with Crippen molar-refractivity contribution in [2.75, 3.05) is 52.9 Å². The number of carbonyl (C=O) groups excluding carboxylic acids is 2. The molecule has 0 aliphatic carbocycles. The van der Waals surface area contributed by atoms with Crippen LogP contribution in [0.4, 0.5) is 4.79 Å². The molecule has 4 heterocycles. The van der Waals surface area contributed by atoms with Gasteiger partial charge in [0.1, 0.15) is 12.3 Å². The molecular formula is C38H42N6O3. The maximum absolute atomic E-state index is 12.8. The summed E-state index contributed by atoms with van der Waals surface area (Å²) in [4.78, 5) is 38.7. The molecule has 7 rings (SSSR count). The minimum atomic E-state index is -0.247. The van der Waals surface area contributed by atoms with Crippen LogP contribution in [0.2, 0.25) is 0 Å². The predicted octanol–water partition coefficient (Wildman–Crippen LogP) is 5.27. The van der Waals surface area contributed by atoms with E-state index >= 15 is 0 Å². The number of imidazole rings is 1. The number of hydrogen-bond donors (Lipinski definition) is 0. The average molecular weight is 631 g/mol. The number of amides is 1. The van der Waals surface area contributed by atoms with E-state index in [2.05, 4.69) is 79.7 Å². The summed E-state index contributed by atoms with van der Waals surface area (Å²) in [5, 5.41) is 2.39. The van der Waals surface area contributed by atoms with Crippen LogP contribution in [0.1, 0.15) is 29.7 Å². The highest BCUT2D eigenvalue weighted by Gasteiger charge is 2.35. The van der Waals surface area contributed by atoms with Crippen LogP contribution in [-0.4, -0.2) is 94.0 Å². The number of rotatable bonds is 8. The second kappa shape index (κ2) is 13.9. The lowest BCUT2D eigenvalue weighted by Gasteiger charge is -2.35. The zero-order valence-corrected chi connectivity index (χ0v) is 27.1. The van der Waals surface area contributed by atoms with Gasteiger partial charge in [0, 0.05) is 64.1 Å². The highest BCUT2D eigenvalue weighted by Crippen LogP contribution is 2.39. The van der Waals surface area contributed by atoms with Crippen LogP contribution >= 0.6 is 0 Å². The summed E-state index contributed by atoms with van der Waals surface area (Å²) < 4.78 is 7.79. The standard InChI is InChI=1S/C38H42N6O3/c1-40-18-20-41(21-19-40)37-35(34-13-7-11-31-10-5-6-12-33(31)34)25-43(36(37)26-45)24-32-22-39-28-44(32)23-29-14-16-42(17-15-29)38(46)47-27-30-8-3-2-4-9-30/h2-13,22,28-29H,14-21,23-25,27H2,1H3. The molecule has 9 nitrogen and oxygen atoms in total. The van der Waals surface area contributed by atoms with Crippen molar-refractivity contribution < 1.29 is 14.3 Å². The molecule has 3 aliphatic rings. The molecule has 2 saturated heterocycles. The molecule has 0 bridgehead atoms. The highest BCUT2D eigenvalue weighted by molar-refractivity contribution is 5.97. The number of likely N-dealkylation sites (tertiary alicyclic amines) is 1. The number of aromatic nitrogens is 2. The molecule has 0 radical (unpaired) electrons. The average Bonchev–Trinajstić information content (AvgIpc) is 3.71. The summed E-state index contributed by atoms with van der Waals surface area (Å²) in [6, 6.07) is 24.7. The minimum Gasteiger partial charge on any atom is -0.445 e. The van der Waals surface area contributed by atoms with Crippen LogP contribution in [0.15, 0.2) is 96.7 Å². The number of benzene rings is 3. The summed E-state index contributed by atoms with van der Waals surface area (Å²) >= 11 is 0. The summed E-state index contributed by atoms with van der Waals surface area (Å²) in [5.74, 6) is 2.79. The molecule has 4 aromatic rings. The molecule has 1 amide bonds. The number of ether oxygens (including phenoxy) is 1. The normalized spacial score (nSPS) is 17.9. The van der Waals surface area contributed by atoms with Crippen molar-refractivity contribution in [1.82, 2.24) is 29.2 Å². The summed E-state index contributed by atoms with van der Waals surface area (Å²) in [6.45, 7) is 7.33. The molecule has 1 aromatic heterocycles. The zero-order valence-electron chi connectivity index (χ0n) is 27.1. The Balaban J connectivity index is 1.04. The third-order valence-electron chi connectivity index (χ3n) is 9.89. The third kappa shape index (κ3) is 6.68. The minimum absolute atomic E-state index is 0.247. The van der Waals surface area contributed by atoms with Crippen molar-refractivity contribution in [3.63, 3.8) is 0 Å². The van der Waals surface area contributed by atoms with E-state index in [0.29, 0.717) is 44.4 Å². The van der Waals surface area contributed by atoms with Crippen molar-refractivity contribution in [2.45, 2.75) is 32.5 Å². The van der Waals surface area contributed by atoms with Crippen LogP contribution < -0.4 is 0 Å². The first-order valence-corrected chi connectivity index (χ1v) is 16.7. The fraction of sp³-hybridized carbons (Fsp3) is 0.368. The second-order valence-corrected chi connectivity index (χ2v) is 13.0. The van der Waals surface area contributed by atoms with Gasteiger partial charge in [-0.2, -0.15) is 0 Å². The SMILES string of the molecule is CN1CCN(C2=C(c3cccc4ccccc34)CN(Cc3cncn3CC3CCN(C(=O)OCc4ccccc4)CC3)C2=C=O)CC1. The van der Waals surface area contributed by atoms with Gasteiger partial charge in [-0.15, -0.1) is 0 Å². The number of carbonyl (C=O) groups is 1. The van der Waals surface area contributed by atoms with Crippen molar-refractivity contribution in [3.05, 3.63) is 114 Å². The molecule has 0 unspecified atom stereocenters. The molecule has 3 aliphatic heterocycles. The molecule has 242 valence electrons. The Kier molecular flexibility index (Phi) is 9.09. The Labute approximate surface area is 276 Å². The number of nitrogens with zero attached hydrogens (tertiary/aromatic N) is 6. The quantitative estimate of drug-likeness (QED) is 0.246. The second-order valence-electron chi connectivity index (χ2n) is 13.0. The van der Waals surface area contributed by atoms with Gasteiger partial charge >= 0.3 is 6.09 Å². The van der Waals surface area contributed by atoms with Gasteiger partial charge in [0.15, 0.2) is 5.94 Å². The van der Waals surface area contributed by atoms with Gasteiger partial charge in [0.25, 0.3) is 0 Å². The Hall–Kier alpha value is -4.85. The number of hydrogen-bond acceptors (Lipinski definition) is 7. The Morgan fingerprint density at radius 2 is 1.66 bits per heavy atom. The van der Waals surface area contributed by atoms with Gasteiger partial charge in [-0.3, -0.25) is 0 Å². The molecule has 47 heavy (non-hydrogen) atoms. The van der Waals surface area contributed by atoms with Crippen molar-refractivity contribution in [3.8, 4) is 0 Å². The van der Waals surface area contributed by atoms with Crippen molar-refractivity contribution >= 4 is 28.4 Å². The Morgan fingerprint density at radius 1 is 0.915 bits per heavy atom. The van der Waals surface area contributed by atoms with E-state index in [1.807, 2.05) is 47.8 Å². The van der Waals surface area contributed by atoms with E-state index in [0.717, 1.165) is 62.5 Å². The lowest BCUT2D eigenvalue weighted by molar-refractivity contribution is 0.0806. The summed E-state index contributed by atoms with van der Waals surface area (Å²) in [6.07, 6.45) is 5.38. The van der Waals surface area contributed by atoms with Gasteiger partial charge in [-0.05, 0) is 47.7 Å². The number of fused-ring (bicyclic) bond motifs is 1. The Morgan fingerprint density at radius 3 is 2.45 bits per heavy atom. The smallest absolute Gasteiger partial charge is 0.410 e. The molecule has 9 heteroatoms. The predicted molar refractivity (Wildman–Crippen MR) is 183 cm³/mol. The Bertz CT molecular complexity index is 1790. The maximum Gasteiger partial charge on any atom is 0.410 e. The molecular weight excluding hydrogens is 588 g/mol. The van der Waals surface area contributed by atoms with Gasteiger partial charge in [0.2, 0.25) is 0 Å². The first-order valence-electron chi connectivity index (χ1n) is 16.7. The first-order chi connectivity index (χ1) is 23.1. The van der Waals surface area contributed by atoms with E-state index < -0.39 is 0 Å². The van der Waals surface area contributed by atoms with Crippen molar-refractivity contribution in [1.29, 1.82) is 0 Å². The fourth-order valence-electron chi connectivity index (χ4n) is 7.18. The monoisotopic (exact) mass is 630 g/mol. The highest BCUT2D eigenvalue weighted by atomic mass is 16.6. The molecule has 0 N–H and O–H groups in total. The summed E-state index contributed by atoms with van der Waals surface area (Å²) in [5.41, 5.74) is 6.06. The number of piperazine rings is 1. The van der Waals surface area contributed by atoms with Crippen LogP contribution in [0.5, 0.6) is 0 Å². The zero-order chi connectivity index (χ0) is 32.2. The molecule has 0 atom stereocenters. The maximum atomic E-state index is 12.8. The molecule has 0 saturated carbocycles. The lowest BCUT2D eigenvalue weighted by atomic mass is 9.97. The van der Waals surface area contributed by atoms with E-state index in [1.54, 1.807) is 0 Å². The van der Waals surface area contributed by atoms with Gasteiger partial charge in [-0.25, -0.2) is 14.6 Å². The van der Waals surface area contributed by atoms with Crippen LogP contribution in [-0.2, 0) is 29.2 Å². The van der Waals surface area contributed by atoms with Crippen LogP contribution in [0.3, 0.4) is 0 Å². The van der Waals surface area contributed by atoms with E-state index in [1.165, 1.54) is 21.9 Å². The first kappa shape index (κ1) is 30.8. The van der Waals surface area contributed by atoms with Crippen molar-refractivity contribution in [2.24, 2.45) is 5.92 Å². The topological polar surface area (TPSA) is 74.2 Å². The van der Waals surface area contributed by atoms with Gasteiger partial charge in [0.05, 0.1) is 24.3 Å². The van der Waals surface area contributed by atoms with E-state index in [-0.39, 0.29) is 6.09 Å². The largest absolute Gasteiger partial charge is 0.445 e.